The monoisotopic (exact) mass is 388 g/mol. The van der Waals surface area contributed by atoms with E-state index in [1.54, 1.807) is 0 Å². The maximum Gasteiger partial charge on any atom is 0.309 e. The van der Waals surface area contributed by atoms with Gasteiger partial charge >= 0.3 is 5.97 Å². The number of ether oxygens (including phenoxy) is 2. The van der Waals surface area contributed by atoms with Crippen molar-refractivity contribution in [3.8, 4) is 0 Å². The summed E-state index contributed by atoms with van der Waals surface area (Å²) in [6.07, 6.45) is -0.113. The number of benzene rings is 1. The lowest BCUT2D eigenvalue weighted by molar-refractivity contribution is -0.161. The summed E-state index contributed by atoms with van der Waals surface area (Å²) in [6.45, 7) is 1.66. The Labute approximate surface area is 153 Å². The summed E-state index contributed by atoms with van der Waals surface area (Å²) in [4.78, 5) is 35.6. The number of esters is 1. The van der Waals surface area contributed by atoms with Crippen molar-refractivity contribution in [2.24, 2.45) is 5.92 Å². The summed E-state index contributed by atoms with van der Waals surface area (Å²) in [7, 11) is 0. The number of amides is 2. The third-order valence-electron chi connectivity index (χ3n) is 3.95. The average molecular weight is 388 g/mol. The van der Waals surface area contributed by atoms with Gasteiger partial charge in [-0.3, -0.25) is 14.4 Å². The predicted molar refractivity (Wildman–Crippen MR) is 87.1 cm³/mol. The van der Waals surface area contributed by atoms with E-state index in [4.69, 9.17) is 9.47 Å². The fourth-order valence-electron chi connectivity index (χ4n) is 2.39. The maximum absolute atomic E-state index is 13.5. The molecule has 27 heavy (non-hydrogen) atoms. The molecule has 1 atom stereocenters. The topological polar surface area (TPSA) is 93.7 Å². The van der Waals surface area contributed by atoms with Crippen LogP contribution in [0, 0.1) is 23.4 Å². The highest BCUT2D eigenvalue weighted by Gasteiger charge is 2.27. The first kappa shape index (κ1) is 20.7. The molecular weight excluding hydrogens is 369 g/mol. The van der Waals surface area contributed by atoms with Crippen LogP contribution in [-0.2, 0) is 23.9 Å². The van der Waals surface area contributed by atoms with E-state index >= 15 is 0 Å². The molecule has 1 aliphatic heterocycles. The molecule has 0 spiro atoms. The van der Waals surface area contributed by atoms with E-state index in [2.05, 4.69) is 5.32 Å². The highest BCUT2D eigenvalue weighted by Crippen LogP contribution is 2.19. The van der Waals surface area contributed by atoms with Crippen LogP contribution in [0.4, 0.5) is 18.9 Å². The van der Waals surface area contributed by atoms with Crippen LogP contribution < -0.4 is 10.6 Å². The van der Waals surface area contributed by atoms with Crippen LogP contribution in [0.15, 0.2) is 12.1 Å². The normalized spacial score (nSPS) is 15.7. The number of nitrogens with one attached hydrogen (secondary N) is 2. The summed E-state index contributed by atoms with van der Waals surface area (Å²) in [6, 6.07) is 1.51. The minimum Gasteiger partial charge on any atom is -0.452 e. The van der Waals surface area contributed by atoms with E-state index in [1.165, 1.54) is 6.92 Å². The van der Waals surface area contributed by atoms with Crippen LogP contribution in [-0.4, -0.2) is 43.6 Å². The van der Waals surface area contributed by atoms with Gasteiger partial charge in [-0.2, -0.15) is 0 Å². The Morgan fingerprint density at radius 3 is 2.52 bits per heavy atom. The third-order valence-corrected chi connectivity index (χ3v) is 3.95. The summed E-state index contributed by atoms with van der Waals surface area (Å²) >= 11 is 0. The van der Waals surface area contributed by atoms with Crippen LogP contribution in [0.3, 0.4) is 0 Å². The standard InChI is InChI=1S/C17H19F3N2O5/c1-9(27-17(25)10-4-6-26-7-5-10)16(24)21-8-13(23)22-12-3-2-11(18)14(19)15(12)20/h2-3,9-10H,4-8H2,1H3,(H,21,24)(H,22,23). The summed E-state index contributed by atoms with van der Waals surface area (Å²) < 4.78 is 49.6. The van der Waals surface area contributed by atoms with Crippen LogP contribution in [0.25, 0.3) is 0 Å². The highest BCUT2D eigenvalue weighted by molar-refractivity contribution is 5.95. The van der Waals surface area contributed by atoms with Gasteiger partial charge in [0.2, 0.25) is 5.91 Å². The van der Waals surface area contributed by atoms with E-state index in [1.807, 2.05) is 5.32 Å². The molecule has 2 amide bonds. The smallest absolute Gasteiger partial charge is 0.309 e. The largest absolute Gasteiger partial charge is 0.452 e. The molecule has 148 valence electrons. The van der Waals surface area contributed by atoms with Crippen molar-refractivity contribution in [2.75, 3.05) is 25.1 Å². The van der Waals surface area contributed by atoms with E-state index in [0.29, 0.717) is 32.1 Å². The Kier molecular flexibility index (Phi) is 7.17. The number of anilines is 1. The molecule has 0 aliphatic carbocycles. The summed E-state index contributed by atoms with van der Waals surface area (Å²) in [5.41, 5.74) is -0.563. The van der Waals surface area contributed by atoms with Crippen LogP contribution in [0.2, 0.25) is 0 Å². The van der Waals surface area contributed by atoms with Crippen molar-refractivity contribution in [3.63, 3.8) is 0 Å². The minimum absolute atomic E-state index is 0.339. The average Bonchev–Trinajstić information content (AvgIpc) is 2.67. The van der Waals surface area contributed by atoms with Gasteiger partial charge in [-0.05, 0) is 31.9 Å². The SMILES string of the molecule is CC(OC(=O)C1CCOCC1)C(=O)NCC(=O)Nc1ccc(F)c(F)c1F. The highest BCUT2D eigenvalue weighted by atomic mass is 19.2. The Morgan fingerprint density at radius 2 is 1.85 bits per heavy atom. The van der Waals surface area contributed by atoms with Gasteiger partial charge in [0.1, 0.15) is 0 Å². The van der Waals surface area contributed by atoms with Crippen molar-refractivity contribution in [2.45, 2.75) is 25.9 Å². The molecule has 10 heteroatoms. The zero-order valence-electron chi connectivity index (χ0n) is 14.5. The molecule has 7 nitrogen and oxygen atoms in total. The Hall–Kier alpha value is -2.62. The summed E-state index contributed by atoms with van der Waals surface area (Å²) in [5, 5.41) is 4.22. The molecule has 0 aromatic heterocycles. The van der Waals surface area contributed by atoms with E-state index in [-0.39, 0.29) is 5.92 Å². The van der Waals surface area contributed by atoms with E-state index in [0.717, 1.165) is 6.07 Å². The van der Waals surface area contributed by atoms with Gasteiger partial charge in [-0.15, -0.1) is 0 Å². The molecular formula is C17H19F3N2O5. The fraction of sp³-hybridized carbons (Fsp3) is 0.471. The van der Waals surface area contributed by atoms with Crippen molar-refractivity contribution in [1.29, 1.82) is 0 Å². The van der Waals surface area contributed by atoms with Gasteiger partial charge in [-0.25, -0.2) is 13.2 Å². The lowest BCUT2D eigenvalue weighted by Crippen LogP contribution is -2.41. The molecule has 0 saturated carbocycles. The first-order valence-electron chi connectivity index (χ1n) is 8.29. The third kappa shape index (κ3) is 5.68. The first-order chi connectivity index (χ1) is 12.8. The van der Waals surface area contributed by atoms with Crippen molar-refractivity contribution >= 4 is 23.5 Å². The quantitative estimate of drug-likeness (QED) is 0.569. The lowest BCUT2D eigenvalue weighted by atomic mass is 10.0. The van der Waals surface area contributed by atoms with Gasteiger partial charge in [0.25, 0.3) is 5.91 Å². The molecule has 1 aliphatic rings. The fourth-order valence-corrected chi connectivity index (χ4v) is 2.39. The molecule has 2 N–H and O–H groups in total. The number of carbonyl (C=O) groups is 3. The van der Waals surface area contributed by atoms with Gasteiger partial charge in [0.05, 0.1) is 18.2 Å². The van der Waals surface area contributed by atoms with Crippen LogP contribution in [0.1, 0.15) is 19.8 Å². The van der Waals surface area contributed by atoms with E-state index in [9.17, 15) is 27.6 Å². The van der Waals surface area contributed by atoms with Crippen LogP contribution in [0.5, 0.6) is 0 Å². The van der Waals surface area contributed by atoms with Crippen LogP contribution >= 0.6 is 0 Å². The number of hydrogen-bond acceptors (Lipinski definition) is 5. The zero-order chi connectivity index (χ0) is 20.0. The van der Waals surface area contributed by atoms with Gasteiger partial charge in [0, 0.05) is 13.2 Å². The zero-order valence-corrected chi connectivity index (χ0v) is 14.5. The molecule has 0 bridgehead atoms. The Morgan fingerprint density at radius 1 is 1.19 bits per heavy atom. The maximum atomic E-state index is 13.5. The minimum atomic E-state index is -1.72. The Bertz CT molecular complexity index is 723. The number of hydrogen-bond donors (Lipinski definition) is 2. The van der Waals surface area contributed by atoms with Crippen molar-refractivity contribution in [3.05, 3.63) is 29.6 Å². The summed E-state index contributed by atoms with van der Waals surface area (Å²) in [5.74, 6) is -7.10. The Balaban J connectivity index is 1.79. The predicted octanol–water partition coefficient (Wildman–Crippen LogP) is 1.52. The molecule has 1 fully saturated rings. The number of rotatable bonds is 6. The molecule has 1 aromatic carbocycles. The molecule has 2 rings (SSSR count). The second kappa shape index (κ2) is 9.36. The van der Waals surface area contributed by atoms with Gasteiger partial charge in [0.15, 0.2) is 23.6 Å². The van der Waals surface area contributed by atoms with Gasteiger partial charge in [-0.1, -0.05) is 0 Å². The molecule has 1 heterocycles. The van der Waals surface area contributed by atoms with Crippen molar-refractivity contribution < 1.29 is 37.0 Å². The molecule has 1 unspecified atom stereocenters. The molecule has 0 radical (unpaired) electrons. The van der Waals surface area contributed by atoms with E-state index < -0.39 is 53.6 Å². The lowest BCUT2D eigenvalue weighted by Gasteiger charge is -2.22. The molecule has 1 aromatic rings. The van der Waals surface area contributed by atoms with Gasteiger partial charge < -0.3 is 20.1 Å². The second-order valence-electron chi connectivity index (χ2n) is 5.95. The molecule has 1 saturated heterocycles. The number of carbonyl (C=O) groups excluding carboxylic acids is 3. The van der Waals surface area contributed by atoms with Crippen molar-refractivity contribution in [1.82, 2.24) is 5.32 Å². The first-order valence-corrected chi connectivity index (χ1v) is 8.29. The number of halogens is 3. The second-order valence-corrected chi connectivity index (χ2v) is 5.95.